The van der Waals surface area contributed by atoms with Gasteiger partial charge >= 0.3 is 5.97 Å². The molecule has 2 aliphatic heterocycles. The van der Waals surface area contributed by atoms with Gasteiger partial charge in [-0.2, -0.15) is 0 Å². The summed E-state index contributed by atoms with van der Waals surface area (Å²) in [5, 5.41) is 0. The molecule has 0 N–H and O–H groups in total. The summed E-state index contributed by atoms with van der Waals surface area (Å²) in [7, 11) is 1.31. The lowest BCUT2D eigenvalue weighted by Gasteiger charge is -2.49. The smallest absolute Gasteiger partial charge is 0.345 e. The fourth-order valence-electron chi connectivity index (χ4n) is 3.36. The summed E-state index contributed by atoms with van der Waals surface area (Å²) < 4.78 is 16.8. The summed E-state index contributed by atoms with van der Waals surface area (Å²) >= 11 is 0. The molecular weight excluding hydrogens is 286 g/mol. The molecule has 3 unspecified atom stereocenters. The molecule has 2 fully saturated rings. The van der Waals surface area contributed by atoms with Gasteiger partial charge in [0.2, 0.25) is 11.5 Å². The van der Waals surface area contributed by atoms with Crippen molar-refractivity contribution in [3.63, 3.8) is 0 Å². The summed E-state index contributed by atoms with van der Waals surface area (Å²) in [6.45, 7) is 5.02. The molecule has 0 bridgehead atoms. The van der Waals surface area contributed by atoms with Crippen LogP contribution in [0.4, 0.5) is 0 Å². The number of ether oxygens (including phenoxy) is 3. The van der Waals surface area contributed by atoms with Gasteiger partial charge in [0.25, 0.3) is 0 Å². The van der Waals surface area contributed by atoms with Crippen LogP contribution in [0.15, 0.2) is 30.3 Å². The highest BCUT2D eigenvalue weighted by Crippen LogP contribution is 2.53. The molecule has 0 aromatic heterocycles. The van der Waals surface area contributed by atoms with Gasteiger partial charge in [0.1, 0.15) is 11.8 Å². The number of amides is 1. The molecule has 3 rings (SSSR count). The lowest BCUT2D eigenvalue weighted by molar-refractivity contribution is -0.293. The van der Waals surface area contributed by atoms with E-state index in [0.29, 0.717) is 5.56 Å². The van der Waals surface area contributed by atoms with Gasteiger partial charge in [-0.3, -0.25) is 9.69 Å². The van der Waals surface area contributed by atoms with E-state index in [-0.39, 0.29) is 5.91 Å². The maximum atomic E-state index is 12.4. The molecule has 0 radical (unpaired) electrons. The quantitative estimate of drug-likeness (QED) is 0.773. The van der Waals surface area contributed by atoms with Gasteiger partial charge in [0.15, 0.2) is 6.23 Å². The Kier molecular flexibility index (Phi) is 3.27. The fourth-order valence-corrected chi connectivity index (χ4v) is 3.36. The van der Waals surface area contributed by atoms with Crippen molar-refractivity contribution >= 4 is 11.9 Å². The first kappa shape index (κ1) is 15.0. The zero-order valence-electron chi connectivity index (χ0n) is 13.0. The lowest BCUT2D eigenvalue weighted by Crippen LogP contribution is -2.68. The van der Waals surface area contributed by atoms with Crippen LogP contribution >= 0.6 is 0 Å². The zero-order valence-corrected chi connectivity index (χ0v) is 13.0. The van der Waals surface area contributed by atoms with Crippen molar-refractivity contribution in [2.45, 2.75) is 44.4 Å². The minimum absolute atomic E-state index is 0.163. The van der Waals surface area contributed by atoms with Crippen LogP contribution in [0.5, 0.6) is 0 Å². The zero-order chi connectivity index (χ0) is 16.1. The lowest BCUT2D eigenvalue weighted by atomic mass is 9.82. The van der Waals surface area contributed by atoms with Crippen molar-refractivity contribution in [2.75, 3.05) is 7.11 Å². The highest BCUT2D eigenvalue weighted by atomic mass is 16.7. The molecule has 0 aliphatic carbocycles. The number of hydrogen-bond donors (Lipinski definition) is 0. The van der Waals surface area contributed by atoms with Crippen LogP contribution in [-0.2, 0) is 29.4 Å². The minimum atomic E-state index is -1.33. The van der Waals surface area contributed by atoms with Crippen molar-refractivity contribution in [2.24, 2.45) is 0 Å². The third kappa shape index (κ3) is 1.80. The molecule has 1 amide bonds. The number of rotatable bonds is 2. The van der Waals surface area contributed by atoms with E-state index in [0.717, 1.165) is 0 Å². The highest BCUT2D eigenvalue weighted by molar-refractivity contribution is 5.84. The molecule has 6 nitrogen and oxygen atoms in total. The number of nitrogens with zero attached hydrogens (tertiary/aromatic N) is 1. The van der Waals surface area contributed by atoms with Crippen molar-refractivity contribution in [3.8, 4) is 0 Å². The van der Waals surface area contributed by atoms with E-state index >= 15 is 0 Å². The second kappa shape index (κ2) is 4.79. The van der Waals surface area contributed by atoms with E-state index < -0.39 is 29.6 Å². The number of carbonyl (C=O) groups is 2. The number of carbonyl (C=O) groups excluding carboxylic acids is 2. The fraction of sp³-hybridized carbons (Fsp3) is 0.500. The van der Waals surface area contributed by atoms with Crippen LogP contribution in [0.2, 0.25) is 0 Å². The van der Waals surface area contributed by atoms with Gasteiger partial charge in [-0.05, 0) is 19.4 Å². The first-order chi connectivity index (χ1) is 10.3. The van der Waals surface area contributed by atoms with Gasteiger partial charge in [0.05, 0.1) is 7.11 Å². The summed E-state index contributed by atoms with van der Waals surface area (Å²) in [4.78, 5) is 25.8. The summed E-state index contributed by atoms with van der Waals surface area (Å²) in [6.07, 6.45) is -1.19. The van der Waals surface area contributed by atoms with E-state index in [4.69, 9.17) is 14.2 Å². The normalized spacial score (nSPS) is 32.1. The standard InChI is InChI=1S/C16H19NO5/c1-10(18)17-13-12(21-15(17,2)3)16(22-13,14(19)20-4)11-8-6-5-7-9-11/h5-9,12-13H,1-4H3. The summed E-state index contributed by atoms with van der Waals surface area (Å²) in [5.41, 5.74) is -1.52. The van der Waals surface area contributed by atoms with Crippen molar-refractivity contribution in [1.82, 2.24) is 4.90 Å². The van der Waals surface area contributed by atoms with E-state index in [9.17, 15) is 9.59 Å². The van der Waals surface area contributed by atoms with Crippen molar-refractivity contribution < 1.29 is 23.8 Å². The van der Waals surface area contributed by atoms with E-state index in [1.54, 1.807) is 26.0 Å². The topological polar surface area (TPSA) is 65.1 Å². The maximum absolute atomic E-state index is 12.4. The average molecular weight is 305 g/mol. The summed E-state index contributed by atoms with van der Waals surface area (Å²) in [6, 6.07) is 9.07. The number of benzene rings is 1. The molecule has 3 atom stereocenters. The van der Waals surface area contributed by atoms with Crippen molar-refractivity contribution in [1.29, 1.82) is 0 Å². The molecular formula is C16H19NO5. The number of hydrogen-bond acceptors (Lipinski definition) is 5. The van der Waals surface area contributed by atoms with Crippen LogP contribution in [0.25, 0.3) is 0 Å². The Balaban J connectivity index is 2.04. The molecule has 2 saturated heterocycles. The first-order valence-electron chi connectivity index (χ1n) is 7.14. The Bertz CT molecular complexity index is 614. The van der Waals surface area contributed by atoms with E-state index in [2.05, 4.69) is 0 Å². The monoisotopic (exact) mass is 305 g/mol. The molecule has 2 aliphatic rings. The van der Waals surface area contributed by atoms with Crippen LogP contribution in [0.1, 0.15) is 26.3 Å². The molecule has 6 heteroatoms. The first-order valence-corrected chi connectivity index (χ1v) is 7.14. The Hall–Kier alpha value is -1.92. The Morgan fingerprint density at radius 2 is 1.82 bits per heavy atom. The summed E-state index contributed by atoms with van der Waals surface area (Å²) in [5.74, 6) is -0.690. The maximum Gasteiger partial charge on any atom is 0.345 e. The number of esters is 1. The van der Waals surface area contributed by atoms with Crippen molar-refractivity contribution in [3.05, 3.63) is 35.9 Å². The molecule has 118 valence electrons. The Morgan fingerprint density at radius 1 is 1.18 bits per heavy atom. The van der Waals surface area contributed by atoms with Crippen LogP contribution in [0, 0.1) is 0 Å². The SMILES string of the molecule is COC(=O)C1(c2ccccc2)OC2C1OC(C)(C)N2C(C)=O. The molecule has 22 heavy (non-hydrogen) atoms. The molecule has 1 aromatic rings. The van der Waals surface area contributed by atoms with Gasteiger partial charge in [-0.1, -0.05) is 30.3 Å². The molecule has 1 aromatic carbocycles. The molecule has 0 spiro atoms. The predicted octanol–water partition coefficient (Wildman–Crippen LogP) is 1.39. The van der Waals surface area contributed by atoms with Crippen LogP contribution in [-0.4, -0.2) is 41.9 Å². The van der Waals surface area contributed by atoms with Gasteiger partial charge < -0.3 is 14.2 Å². The second-order valence-electron chi connectivity index (χ2n) is 5.98. The number of methoxy groups -OCH3 is 1. The minimum Gasteiger partial charge on any atom is -0.467 e. The largest absolute Gasteiger partial charge is 0.467 e. The average Bonchev–Trinajstić information content (AvgIpc) is 2.69. The van der Waals surface area contributed by atoms with E-state index in [1.165, 1.54) is 18.9 Å². The van der Waals surface area contributed by atoms with Gasteiger partial charge in [-0.25, -0.2) is 4.79 Å². The second-order valence-corrected chi connectivity index (χ2v) is 5.98. The van der Waals surface area contributed by atoms with E-state index in [1.807, 2.05) is 18.2 Å². The number of fused-ring (bicyclic) bond motifs is 1. The van der Waals surface area contributed by atoms with Gasteiger partial charge in [-0.15, -0.1) is 0 Å². The third-order valence-electron chi connectivity index (χ3n) is 4.25. The Labute approximate surface area is 128 Å². The van der Waals surface area contributed by atoms with Gasteiger partial charge in [0, 0.05) is 6.92 Å². The van der Waals surface area contributed by atoms with Crippen LogP contribution in [0.3, 0.4) is 0 Å². The Morgan fingerprint density at radius 3 is 2.36 bits per heavy atom. The third-order valence-corrected chi connectivity index (χ3v) is 4.25. The predicted molar refractivity (Wildman–Crippen MR) is 76.5 cm³/mol. The van der Waals surface area contributed by atoms with Crippen LogP contribution < -0.4 is 0 Å². The highest BCUT2D eigenvalue weighted by Gasteiger charge is 2.72. The molecule has 0 saturated carbocycles. The molecule has 2 heterocycles.